The van der Waals surface area contributed by atoms with Gasteiger partial charge in [0.2, 0.25) is 0 Å². The Morgan fingerprint density at radius 2 is 1.80 bits per heavy atom. The number of hydrogen-bond donors (Lipinski definition) is 1. The van der Waals surface area contributed by atoms with Gasteiger partial charge in [-0.15, -0.1) is 0 Å². The van der Waals surface area contributed by atoms with Crippen LogP contribution < -0.4 is 5.32 Å². The van der Waals surface area contributed by atoms with Gasteiger partial charge in [-0.2, -0.15) is 0 Å². The molecule has 1 rings (SSSR count). The van der Waals surface area contributed by atoms with Gasteiger partial charge in [0.05, 0.1) is 0 Å². The summed E-state index contributed by atoms with van der Waals surface area (Å²) in [6.07, 6.45) is 0. The predicted octanol–water partition coefficient (Wildman–Crippen LogP) is 0.620. The lowest BCUT2D eigenvalue weighted by Crippen LogP contribution is -2.61. The number of piperazine rings is 1. The number of rotatable bonds is 2. The van der Waals surface area contributed by atoms with Crippen LogP contribution in [0.3, 0.4) is 0 Å². The molecule has 1 amide bonds. The van der Waals surface area contributed by atoms with Crippen molar-refractivity contribution in [1.82, 2.24) is 10.2 Å². The van der Waals surface area contributed by atoms with E-state index >= 15 is 0 Å². The molecular weight excluding hydrogens is 192 g/mol. The highest BCUT2D eigenvalue weighted by Crippen LogP contribution is 2.18. The maximum absolute atomic E-state index is 12.2. The van der Waals surface area contributed by atoms with Crippen LogP contribution >= 0.6 is 0 Å². The van der Waals surface area contributed by atoms with E-state index in [0.717, 1.165) is 13.1 Å². The molecule has 88 valence electrons. The summed E-state index contributed by atoms with van der Waals surface area (Å²) in [4.78, 5) is 14.2. The first-order valence-electron chi connectivity index (χ1n) is 5.48. The van der Waals surface area contributed by atoms with Crippen LogP contribution in [0, 0.1) is 0 Å². The van der Waals surface area contributed by atoms with Crippen molar-refractivity contribution in [3.05, 3.63) is 0 Å². The molecular formula is C11H22N2O2. The molecule has 1 aliphatic heterocycles. The van der Waals surface area contributed by atoms with E-state index in [-0.39, 0.29) is 18.0 Å². The highest BCUT2D eigenvalue weighted by atomic mass is 16.5. The van der Waals surface area contributed by atoms with Gasteiger partial charge >= 0.3 is 0 Å². The quantitative estimate of drug-likeness (QED) is 0.732. The van der Waals surface area contributed by atoms with E-state index in [0.29, 0.717) is 0 Å². The first kappa shape index (κ1) is 12.5. The molecule has 0 aromatic heterocycles. The zero-order valence-electron chi connectivity index (χ0n) is 10.3. The molecule has 1 heterocycles. The Bertz CT molecular complexity index is 231. The Morgan fingerprint density at radius 3 is 2.20 bits per heavy atom. The fourth-order valence-corrected chi connectivity index (χ4v) is 1.93. The molecule has 0 spiro atoms. The first-order valence-corrected chi connectivity index (χ1v) is 5.48. The average molecular weight is 214 g/mol. The van der Waals surface area contributed by atoms with E-state index in [1.54, 1.807) is 7.11 Å². The average Bonchev–Trinajstić information content (AvgIpc) is 2.17. The summed E-state index contributed by atoms with van der Waals surface area (Å²) in [6.45, 7) is 9.47. The number of carbonyl (C=O) groups excluding carboxylic acids is 1. The smallest absolute Gasteiger partial charge is 0.254 e. The van der Waals surface area contributed by atoms with Crippen LogP contribution in [-0.4, -0.2) is 48.7 Å². The molecule has 1 saturated heterocycles. The lowest BCUT2D eigenvalue weighted by molar-refractivity contribution is -0.156. The molecule has 4 nitrogen and oxygen atoms in total. The minimum Gasteiger partial charge on any atom is -0.369 e. The second kappa shape index (κ2) is 4.49. The Kier molecular flexibility index (Phi) is 3.73. The minimum absolute atomic E-state index is 0.0755. The fraction of sp³-hybridized carbons (Fsp3) is 0.909. The van der Waals surface area contributed by atoms with Gasteiger partial charge in [0.1, 0.15) is 5.60 Å². The molecule has 15 heavy (non-hydrogen) atoms. The van der Waals surface area contributed by atoms with Crippen molar-refractivity contribution < 1.29 is 9.53 Å². The lowest BCUT2D eigenvalue weighted by atomic mass is 10.0. The van der Waals surface area contributed by atoms with E-state index < -0.39 is 5.60 Å². The summed E-state index contributed by atoms with van der Waals surface area (Å²) < 4.78 is 5.24. The van der Waals surface area contributed by atoms with Crippen LogP contribution in [0.5, 0.6) is 0 Å². The Morgan fingerprint density at radius 1 is 1.33 bits per heavy atom. The van der Waals surface area contributed by atoms with Crippen LogP contribution in [0.2, 0.25) is 0 Å². The predicted molar refractivity (Wildman–Crippen MR) is 59.7 cm³/mol. The van der Waals surface area contributed by atoms with E-state index in [9.17, 15) is 4.79 Å². The highest BCUT2D eigenvalue weighted by molar-refractivity contribution is 5.85. The van der Waals surface area contributed by atoms with Crippen LogP contribution in [0.4, 0.5) is 0 Å². The second-order valence-corrected chi connectivity index (χ2v) is 4.78. The number of amides is 1. The summed E-state index contributed by atoms with van der Waals surface area (Å²) in [5, 5.41) is 3.30. The third-order valence-electron chi connectivity index (χ3n) is 3.09. The molecule has 1 aliphatic rings. The van der Waals surface area contributed by atoms with Crippen molar-refractivity contribution >= 4 is 5.91 Å². The monoisotopic (exact) mass is 214 g/mol. The van der Waals surface area contributed by atoms with Crippen molar-refractivity contribution in [3.63, 3.8) is 0 Å². The molecule has 0 saturated carbocycles. The molecule has 0 radical (unpaired) electrons. The summed E-state index contributed by atoms with van der Waals surface area (Å²) in [6, 6.07) is 0.464. The van der Waals surface area contributed by atoms with Crippen molar-refractivity contribution in [2.24, 2.45) is 0 Å². The van der Waals surface area contributed by atoms with Crippen LogP contribution in [0.1, 0.15) is 27.7 Å². The van der Waals surface area contributed by atoms with Crippen LogP contribution in [0.15, 0.2) is 0 Å². The molecule has 4 heteroatoms. The molecule has 1 fully saturated rings. The van der Waals surface area contributed by atoms with Gasteiger partial charge in [-0.05, 0) is 27.7 Å². The number of ether oxygens (including phenoxy) is 1. The topological polar surface area (TPSA) is 41.6 Å². The zero-order chi connectivity index (χ0) is 11.6. The van der Waals surface area contributed by atoms with Gasteiger partial charge in [0, 0.05) is 32.3 Å². The Balaban J connectivity index is 2.80. The molecule has 0 aromatic rings. The molecule has 2 unspecified atom stereocenters. The minimum atomic E-state index is -0.722. The number of hydrogen-bond acceptors (Lipinski definition) is 3. The maximum atomic E-state index is 12.2. The normalized spacial score (nSPS) is 27.9. The molecule has 1 N–H and O–H groups in total. The van der Waals surface area contributed by atoms with Gasteiger partial charge in [0.25, 0.3) is 5.91 Å². The maximum Gasteiger partial charge on any atom is 0.254 e. The van der Waals surface area contributed by atoms with Gasteiger partial charge in [-0.25, -0.2) is 0 Å². The van der Waals surface area contributed by atoms with Gasteiger partial charge in [-0.3, -0.25) is 4.79 Å². The molecule has 0 aliphatic carbocycles. The summed E-state index contributed by atoms with van der Waals surface area (Å²) in [7, 11) is 1.58. The molecule has 0 bridgehead atoms. The lowest BCUT2D eigenvalue weighted by Gasteiger charge is -2.42. The third kappa shape index (κ3) is 2.49. The zero-order valence-corrected chi connectivity index (χ0v) is 10.3. The van der Waals surface area contributed by atoms with Crippen molar-refractivity contribution in [2.45, 2.75) is 45.4 Å². The molecule has 0 aromatic carbocycles. The van der Waals surface area contributed by atoms with E-state index in [1.807, 2.05) is 18.7 Å². The Hall–Kier alpha value is -0.610. The summed E-state index contributed by atoms with van der Waals surface area (Å²) >= 11 is 0. The second-order valence-electron chi connectivity index (χ2n) is 4.78. The van der Waals surface area contributed by atoms with Crippen LogP contribution in [-0.2, 0) is 9.53 Å². The number of nitrogens with zero attached hydrogens (tertiary/aromatic N) is 1. The Labute approximate surface area is 92.0 Å². The fourth-order valence-electron chi connectivity index (χ4n) is 1.93. The molecule has 2 atom stereocenters. The first-order chi connectivity index (χ1) is 6.90. The number of nitrogens with one attached hydrogen (secondary N) is 1. The standard InChI is InChI=1S/C11H22N2O2/c1-8-6-12-7-9(2)13(8)10(14)11(3,4)15-5/h8-9,12H,6-7H2,1-5H3. The number of methoxy groups -OCH3 is 1. The van der Waals surface area contributed by atoms with Gasteiger partial charge in [-0.1, -0.05) is 0 Å². The van der Waals surface area contributed by atoms with Gasteiger partial charge < -0.3 is 15.0 Å². The van der Waals surface area contributed by atoms with E-state index in [2.05, 4.69) is 19.2 Å². The van der Waals surface area contributed by atoms with Crippen LogP contribution in [0.25, 0.3) is 0 Å². The van der Waals surface area contributed by atoms with Crippen molar-refractivity contribution in [3.8, 4) is 0 Å². The highest BCUT2D eigenvalue weighted by Gasteiger charge is 2.37. The SMILES string of the molecule is COC(C)(C)C(=O)N1C(C)CNCC1C. The van der Waals surface area contributed by atoms with Crippen molar-refractivity contribution in [2.75, 3.05) is 20.2 Å². The van der Waals surface area contributed by atoms with E-state index in [4.69, 9.17) is 4.74 Å². The number of carbonyl (C=O) groups is 1. The largest absolute Gasteiger partial charge is 0.369 e. The van der Waals surface area contributed by atoms with Crippen molar-refractivity contribution in [1.29, 1.82) is 0 Å². The van der Waals surface area contributed by atoms with E-state index in [1.165, 1.54) is 0 Å². The van der Waals surface area contributed by atoms with Gasteiger partial charge in [0.15, 0.2) is 0 Å². The summed E-state index contributed by atoms with van der Waals surface area (Å²) in [5.74, 6) is 0.0755. The third-order valence-corrected chi connectivity index (χ3v) is 3.09. The summed E-state index contributed by atoms with van der Waals surface area (Å²) in [5.41, 5.74) is -0.722.